The van der Waals surface area contributed by atoms with Crippen LogP contribution >= 0.6 is 0 Å². The quantitative estimate of drug-likeness (QED) is 0.478. The second kappa shape index (κ2) is 9.62. The highest BCUT2D eigenvalue weighted by Crippen LogP contribution is 2.11. The number of amides is 1. The topological polar surface area (TPSA) is 98.9 Å². The Bertz CT molecular complexity index is 1480. The van der Waals surface area contributed by atoms with Gasteiger partial charge < -0.3 is 5.32 Å². The molecule has 9 heteroatoms. The zero-order valence-electron chi connectivity index (χ0n) is 18.7. The Hall–Kier alpha value is -4.40. The van der Waals surface area contributed by atoms with Gasteiger partial charge in [-0.2, -0.15) is 9.78 Å². The normalized spacial score (nSPS) is 10.8. The van der Waals surface area contributed by atoms with Gasteiger partial charge in [-0.1, -0.05) is 35.9 Å². The molecule has 4 rings (SSSR count). The van der Waals surface area contributed by atoms with E-state index in [4.69, 9.17) is 0 Å². The van der Waals surface area contributed by atoms with E-state index in [0.717, 1.165) is 26.4 Å². The fourth-order valence-electron chi connectivity index (χ4n) is 3.44. The molecule has 0 bridgehead atoms. The van der Waals surface area contributed by atoms with E-state index in [2.05, 4.69) is 15.4 Å². The summed E-state index contributed by atoms with van der Waals surface area (Å²) in [6.07, 6.45) is 3.17. The third-order valence-corrected chi connectivity index (χ3v) is 5.30. The van der Waals surface area contributed by atoms with Crippen LogP contribution in [0.4, 0.5) is 4.39 Å². The highest BCUT2D eigenvalue weighted by molar-refractivity contribution is 5.91. The molecule has 34 heavy (non-hydrogen) atoms. The molecule has 0 saturated heterocycles. The van der Waals surface area contributed by atoms with Crippen LogP contribution in [-0.4, -0.2) is 25.2 Å². The fraction of sp³-hybridized carbons (Fsp3) is 0.160. The average molecular weight is 459 g/mol. The van der Waals surface area contributed by atoms with Gasteiger partial charge in [-0.25, -0.2) is 9.18 Å². The van der Waals surface area contributed by atoms with Gasteiger partial charge in [0.25, 0.3) is 11.5 Å². The van der Waals surface area contributed by atoms with Crippen molar-refractivity contribution >= 4 is 5.91 Å². The Morgan fingerprint density at radius 2 is 1.76 bits per heavy atom. The minimum absolute atomic E-state index is 0.0686. The van der Waals surface area contributed by atoms with Crippen LogP contribution in [0.1, 0.15) is 32.7 Å². The second-order valence-corrected chi connectivity index (χ2v) is 7.89. The lowest BCUT2D eigenvalue weighted by Gasteiger charge is -2.13. The van der Waals surface area contributed by atoms with Crippen LogP contribution in [0.2, 0.25) is 0 Å². The number of carbonyl (C=O) groups is 1. The van der Waals surface area contributed by atoms with E-state index in [1.807, 2.05) is 25.1 Å². The zero-order valence-corrected chi connectivity index (χ0v) is 18.7. The molecule has 0 unspecified atom stereocenters. The Balaban J connectivity index is 1.81. The maximum absolute atomic E-state index is 14.2. The van der Waals surface area contributed by atoms with Crippen molar-refractivity contribution in [2.24, 2.45) is 0 Å². The molecule has 0 radical (unpaired) electrons. The number of hydrogen-bond acceptors (Lipinski definition) is 5. The zero-order chi connectivity index (χ0) is 24.2. The van der Waals surface area contributed by atoms with Crippen LogP contribution in [0.25, 0.3) is 5.69 Å². The summed E-state index contributed by atoms with van der Waals surface area (Å²) in [6, 6.07) is 14.9. The van der Waals surface area contributed by atoms with Crippen LogP contribution in [-0.2, 0) is 13.1 Å². The molecule has 0 fully saturated rings. The van der Waals surface area contributed by atoms with E-state index in [9.17, 15) is 18.8 Å². The summed E-state index contributed by atoms with van der Waals surface area (Å²) in [5, 5.41) is 6.67. The van der Waals surface area contributed by atoms with Crippen LogP contribution in [0, 0.1) is 19.7 Å². The molecule has 0 aliphatic carbocycles. The van der Waals surface area contributed by atoms with Crippen molar-refractivity contribution in [3.05, 3.63) is 122 Å². The number of pyridine rings is 1. The molecule has 0 atom stereocenters. The molecule has 4 aromatic rings. The third-order valence-electron chi connectivity index (χ3n) is 5.30. The Labute approximate surface area is 194 Å². The van der Waals surface area contributed by atoms with Gasteiger partial charge in [0.1, 0.15) is 5.82 Å². The van der Waals surface area contributed by atoms with Crippen LogP contribution in [0.15, 0.2) is 76.6 Å². The number of nitrogens with zero attached hydrogens (tertiary/aromatic N) is 4. The predicted molar refractivity (Wildman–Crippen MR) is 124 cm³/mol. The summed E-state index contributed by atoms with van der Waals surface area (Å²) < 4.78 is 16.0. The van der Waals surface area contributed by atoms with Gasteiger partial charge in [-0.05, 0) is 48.7 Å². The molecule has 172 valence electrons. The summed E-state index contributed by atoms with van der Waals surface area (Å²) >= 11 is 0. The van der Waals surface area contributed by atoms with E-state index in [1.165, 1.54) is 12.1 Å². The standard InChI is InChI=1S/C25H22FN5O3/c1-16-4-3-5-19(12-16)15-30-24(33)22(23(32)28-14-18-8-10-27-11-9-18)29-31(25(30)34)20-7-6-17(2)21(26)13-20/h3-13H,14-15H2,1-2H3,(H,28,32). The lowest BCUT2D eigenvalue weighted by Crippen LogP contribution is -2.46. The Morgan fingerprint density at radius 3 is 2.47 bits per heavy atom. The summed E-state index contributed by atoms with van der Waals surface area (Å²) in [5.74, 6) is -1.28. The predicted octanol–water partition coefficient (Wildman–Crippen LogP) is 2.52. The third kappa shape index (κ3) is 4.83. The van der Waals surface area contributed by atoms with Gasteiger partial charge in [0.2, 0.25) is 5.69 Å². The largest absolute Gasteiger partial charge is 0.352 e. The molecule has 0 aliphatic heterocycles. The molecule has 2 aromatic heterocycles. The van der Waals surface area contributed by atoms with Crippen LogP contribution in [0.3, 0.4) is 0 Å². The van der Waals surface area contributed by atoms with Crippen LogP contribution in [0.5, 0.6) is 0 Å². The molecule has 8 nitrogen and oxygen atoms in total. The lowest BCUT2D eigenvalue weighted by atomic mass is 10.1. The summed E-state index contributed by atoms with van der Waals surface area (Å²) in [5.41, 5.74) is 0.850. The smallest absolute Gasteiger partial charge is 0.346 e. The molecule has 0 aliphatic rings. The molecule has 1 N–H and O–H groups in total. The van der Waals surface area contributed by atoms with E-state index < -0.39 is 28.7 Å². The van der Waals surface area contributed by atoms with Gasteiger partial charge in [0, 0.05) is 25.0 Å². The second-order valence-electron chi connectivity index (χ2n) is 7.89. The maximum atomic E-state index is 14.2. The number of carbonyl (C=O) groups excluding carboxylic acids is 1. The first kappa shape index (κ1) is 22.8. The minimum Gasteiger partial charge on any atom is -0.346 e. The first-order valence-electron chi connectivity index (χ1n) is 10.6. The number of nitrogens with one attached hydrogen (secondary N) is 1. The number of aryl methyl sites for hydroxylation is 2. The average Bonchev–Trinajstić information content (AvgIpc) is 2.83. The number of benzene rings is 2. The minimum atomic E-state index is -0.831. The number of hydrogen-bond donors (Lipinski definition) is 1. The van der Waals surface area contributed by atoms with Crippen molar-refractivity contribution in [2.45, 2.75) is 26.9 Å². The van der Waals surface area contributed by atoms with Gasteiger partial charge in [-0.15, -0.1) is 0 Å². The first-order valence-corrected chi connectivity index (χ1v) is 10.6. The van der Waals surface area contributed by atoms with Gasteiger partial charge in [-0.3, -0.25) is 19.1 Å². The highest BCUT2D eigenvalue weighted by atomic mass is 19.1. The maximum Gasteiger partial charge on any atom is 0.352 e. The van der Waals surface area contributed by atoms with Crippen LogP contribution < -0.4 is 16.6 Å². The fourth-order valence-corrected chi connectivity index (χ4v) is 3.44. The van der Waals surface area contributed by atoms with Crippen molar-refractivity contribution < 1.29 is 9.18 Å². The summed E-state index contributed by atoms with van der Waals surface area (Å²) in [6.45, 7) is 3.55. The van der Waals surface area contributed by atoms with E-state index in [1.54, 1.807) is 37.5 Å². The Kier molecular flexibility index (Phi) is 6.44. The number of halogens is 1. The monoisotopic (exact) mass is 459 g/mol. The van der Waals surface area contributed by atoms with Crippen molar-refractivity contribution in [3.8, 4) is 5.69 Å². The van der Waals surface area contributed by atoms with E-state index >= 15 is 0 Å². The van der Waals surface area contributed by atoms with Crippen molar-refractivity contribution in [3.63, 3.8) is 0 Å². The Morgan fingerprint density at radius 1 is 1.00 bits per heavy atom. The molecule has 0 saturated carbocycles. The molecule has 0 spiro atoms. The van der Waals surface area contributed by atoms with Gasteiger partial charge >= 0.3 is 5.69 Å². The van der Waals surface area contributed by atoms with Crippen molar-refractivity contribution in [1.82, 2.24) is 24.6 Å². The van der Waals surface area contributed by atoms with E-state index in [-0.39, 0.29) is 18.8 Å². The lowest BCUT2D eigenvalue weighted by molar-refractivity contribution is 0.0941. The van der Waals surface area contributed by atoms with Gasteiger partial charge in [0.15, 0.2) is 0 Å². The highest BCUT2D eigenvalue weighted by Gasteiger charge is 2.21. The molecule has 2 heterocycles. The number of aromatic nitrogens is 4. The number of rotatable bonds is 6. The van der Waals surface area contributed by atoms with Crippen molar-refractivity contribution in [2.75, 3.05) is 0 Å². The summed E-state index contributed by atoms with van der Waals surface area (Å²) in [4.78, 5) is 43.3. The molecule has 2 aromatic carbocycles. The SMILES string of the molecule is Cc1cccc(Cn2c(=O)c(C(=O)NCc3ccncc3)nn(-c3ccc(C)c(F)c3)c2=O)c1. The molecular formula is C25H22FN5O3. The molecule has 1 amide bonds. The van der Waals surface area contributed by atoms with Gasteiger partial charge in [0.05, 0.1) is 12.2 Å². The van der Waals surface area contributed by atoms with Crippen molar-refractivity contribution in [1.29, 1.82) is 0 Å². The van der Waals surface area contributed by atoms with E-state index in [0.29, 0.717) is 11.1 Å². The first-order chi connectivity index (χ1) is 16.3. The molecular weight excluding hydrogens is 437 g/mol. The summed E-state index contributed by atoms with van der Waals surface area (Å²) in [7, 11) is 0.